The van der Waals surface area contributed by atoms with Crippen LogP contribution in [0, 0.1) is 0 Å². The number of aliphatic carboxylic acids is 4. The molecule has 2 atom stereocenters. The van der Waals surface area contributed by atoms with E-state index in [9.17, 15) is 34.5 Å². The first-order chi connectivity index (χ1) is 8.09. The predicted octanol–water partition coefficient (Wildman–Crippen LogP) is -15.4. The molecule has 0 aromatic rings. The van der Waals surface area contributed by atoms with Crippen molar-refractivity contribution < 1.29 is 138 Å². The Morgan fingerprint density at radius 3 is 1.14 bits per heavy atom. The van der Waals surface area contributed by atoms with Crippen LogP contribution in [0.4, 0.5) is 0 Å². The van der Waals surface area contributed by atoms with Crippen molar-refractivity contribution in [2.45, 2.75) is 12.2 Å². The molecule has 0 saturated carbocycles. The molecule has 0 aromatic heterocycles. The van der Waals surface area contributed by atoms with Gasteiger partial charge in [-0.1, -0.05) is 0 Å². The van der Waals surface area contributed by atoms with Gasteiger partial charge in [0.2, 0.25) is 0 Å². The van der Waals surface area contributed by atoms with E-state index in [1.807, 2.05) is 0 Å². The third-order valence-corrected chi connectivity index (χ3v) is 1.14. The number of rotatable bonds is 5. The first-order valence-corrected chi connectivity index (χ1v) is 3.99. The van der Waals surface area contributed by atoms with Crippen molar-refractivity contribution in [1.29, 1.82) is 0 Å². The number of aliphatic hydroxyl groups excluding tert-OH is 2. The Morgan fingerprint density at radius 1 is 0.762 bits per heavy atom. The zero-order valence-electron chi connectivity index (χ0n) is 11.5. The van der Waals surface area contributed by atoms with E-state index in [1.165, 1.54) is 0 Å². The van der Waals surface area contributed by atoms with Crippen molar-refractivity contribution in [3.05, 3.63) is 12.2 Å². The van der Waals surface area contributed by atoms with Crippen LogP contribution >= 0.6 is 0 Å². The topological polar surface area (TPSA) is 198 Å². The van der Waals surface area contributed by atoms with Gasteiger partial charge in [0.15, 0.2) is 0 Å². The molecule has 13 heteroatoms. The third-order valence-electron chi connectivity index (χ3n) is 1.14. The summed E-state index contributed by atoms with van der Waals surface area (Å²) in [7, 11) is 0. The zero-order valence-corrected chi connectivity index (χ0v) is 17.5. The molecule has 0 aliphatic heterocycles. The minimum absolute atomic E-state index is 0. The number of aliphatic hydroxyl groups is 2. The second-order valence-corrected chi connectivity index (χ2v) is 2.52. The largest absolute Gasteiger partial charge is 1.00 e. The molecule has 0 radical (unpaired) electrons. The Bertz CT molecular complexity index is 335. The average molecular weight is 332 g/mol. The molecule has 2 unspecified atom stereocenters. The predicted molar refractivity (Wildman–Crippen MR) is 43.8 cm³/mol. The van der Waals surface area contributed by atoms with E-state index < -0.39 is 36.1 Å². The van der Waals surface area contributed by atoms with Crippen LogP contribution in [0.5, 0.6) is 0 Å². The molecule has 21 heavy (non-hydrogen) atoms. The van der Waals surface area contributed by atoms with Crippen LogP contribution in [-0.2, 0) is 19.2 Å². The van der Waals surface area contributed by atoms with Gasteiger partial charge in [-0.3, -0.25) is 0 Å². The van der Waals surface area contributed by atoms with Crippen LogP contribution in [0.3, 0.4) is 0 Å². The van der Waals surface area contributed by atoms with Crippen molar-refractivity contribution in [3.63, 3.8) is 0 Å². The van der Waals surface area contributed by atoms with Gasteiger partial charge in [-0.15, -0.1) is 0 Å². The van der Waals surface area contributed by atoms with Gasteiger partial charge in [0, 0.05) is 6.08 Å². The van der Waals surface area contributed by atoms with Gasteiger partial charge in [0.1, 0.15) is 12.2 Å². The maximum Gasteiger partial charge on any atom is 1.00 e. The monoisotopic (exact) mass is 332 g/mol. The minimum Gasteiger partial charge on any atom is -0.547 e. The summed E-state index contributed by atoms with van der Waals surface area (Å²) in [5.41, 5.74) is 0. The first-order valence-electron chi connectivity index (χ1n) is 3.99. The summed E-state index contributed by atoms with van der Waals surface area (Å²) in [5, 5.41) is 53.0. The van der Waals surface area contributed by atoms with Gasteiger partial charge in [0.05, 0.1) is 17.9 Å². The molecule has 0 rings (SSSR count). The fraction of sp³-hybridized carbons (Fsp3) is 0.250. The second kappa shape index (κ2) is 18.6. The summed E-state index contributed by atoms with van der Waals surface area (Å²) in [6.45, 7) is 0. The molecule has 0 aliphatic rings. The molecular weight excluding hydrogens is 325 g/mol. The van der Waals surface area contributed by atoms with E-state index in [0.717, 1.165) is 0 Å². The summed E-state index contributed by atoms with van der Waals surface area (Å²) in [5.74, 6) is -6.92. The Hall–Kier alpha value is 0.540. The minimum atomic E-state index is -2.44. The quantitative estimate of drug-likeness (QED) is 0.321. The Morgan fingerprint density at radius 2 is 1.05 bits per heavy atom. The Labute approximate surface area is 184 Å². The van der Waals surface area contributed by atoms with Crippen LogP contribution in [0.25, 0.3) is 0 Å². The normalized spacial score (nSPS) is 11.1. The third kappa shape index (κ3) is 22.9. The number of carbonyl (C=O) groups is 4. The van der Waals surface area contributed by atoms with Gasteiger partial charge in [-0.2, -0.15) is 0 Å². The number of hydrogen-bond acceptors (Lipinski definition) is 9. The van der Waals surface area contributed by atoms with Crippen LogP contribution in [0.15, 0.2) is 12.2 Å². The molecule has 0 bridgehead atoms. The van der Waals surface area contributed by atoms with Gasteiger partial charge in [-0.25, -0.2) is 4.79 Å². The summed E-state index contributed by atoms with van der Waals surface area (Å²) in [6, 6.07) is 0. The standard InChI is InChI=1S/C4H6O6.C4H4O4.3Na/c5-1(3(7)8)2(6)4(9)10;5-3(6)1-2-4(7)8;;;/h1-2,5-6H,(H,7,8)(H,9,10);1-2H,(H,5,6)(H,7,8);;;/q;;3*+1/p-3/b;2-1-;;;. The van der Waals surface area contributed by atoms with E-state index in [0.29, 0.717) is 12.2 Å². The van der Waals surface area contributed by atoms with E-state index in [1.54, 1.807) is 0 Å². The summed E-state index contributed by atoms with van der Waals surface area (Å²) in [4.78, 5) is 38.2. The maximum atomic E-state index is 9.63. The molecule has 0 fully saturated rings. The molecule has 10 nitrogen and oxygen atoms in total. The van der Waals surface area contributed by atoms with Crippen molar-refractivity contribution in [3.8, 4) is 0 Å². The van der Waals surface area contributed by atoms with Crippen LogP contribution in [0.1, 0.15) is 0 Å². The maximum absolute atomic E-state index is 9.63. The number of hydrogen-bond donors (Lipinski definition) is 3. The summed E-state index contributed by atoms with van der Waals surface area (Å²) < 4.78 is 0. The number of carboxylic acid groups (broad SMARTS) is 4. The molecule has 0 amide bonds. The van der Waals surface area contributed by atoms with E-state index >= 15 is 0 Å². The van der Waals surface area contributed by atoms with Gasteiger partial charge < -0.3 is 45.0 Å². The summed E-state index contributed by atoms with van der Waals surface area (Å²) in [6.07, 6.45) is -3.94. The number of carboxylic acids is 4. The fourth-order valence-corrected chi connectivity index (χ4v) is 0.397. The molecule has 3 N–H and O–H groups in total. The molecule has 102 valence electrons. The Balaban J connectivity index is -0.0000000724. The number of carbonyl (C=O) groups excluding carboxylic acids is 3. The fourth-order valence-electron chi connectivity index (χ4n) is 0.397. The van der Waals surface area contributed by atoms with Crippen LogP contribution in [0.2, 0.25) is 0 Å². The molecule has 0 aromatic carbocycles. The molecule has 0 heterocycles. The molecule has 0 saturated heterocycles. The van der Waals surface area contributed by atoms with Crippen molar-refractivity contribution in [2.75, 3.05) is 0 Å². The van der Waals surface area contributed by atoms with Crippen molar-refractivity contribution in [1.82, 2.24) is 0 Å². The first kappa shape index (κ1) is 33.2. The second-order valence-electron chi connectivity index (χ2n) is 2.52. The van der Waals surface area contributed by atoms with E-state index in [4.69, 9.17) is 15.3 Å². The van der Waals surface area contributed by atoms with Crippen molar-refractivity contribution in [2.24, 2.45) is 0 Å². The van der Waals surface area contributed by atoms with E-state index in [2.05, 4.69) is 0 Å². The van der Waals surface area contributed by atoms with Crippen molar-refractivity contribution >= 4 is 23.9 Å². The molecule has 0 spiro atoms. The van der Waals surface area contributed by atoms with Crippen LogP contribution < -0.4 is 104 Å². The van der Waals surface area contributed by atoms with E-state index in [-0.39, 0.29) is 88.7 Å². The summed E-state index contributed by atoms with van der Waals surface area (Å²) >= 11 is 0. The van der Waals surface area contributed by atoms with Gasteiger partial charge >= 0.3 is 94.6 Å². The molecule has 0 aliphatic carbocycles. The van der Waals surface area contributed by atoms with Gasteiger partial charge in [-0.05, 0) is 6.08 Å². The molecular formula is C8H7Na3O10. The Kier molecular flexibility index (Phi) is 29.4. The smallest absolute Gasteiger partial charge is 0.547 e. The SMILES string of the molecule is O=C([O-])/C=C\C(=O)O.O=C([O-])C(O)C(O)C(=O)[O-].[Na+].[Na+].[Na+]. The average Bonchev–Trinajstić information content (AvgIpc) is 2.24. The zero-order chi connectivity index (χ0) is 14.9. The van der Waals surface area contributed by atoms with Gasteiger partial charge in [0.25, 0.3) is 0 Å². The van der Waals surface area contributed by atoms with Crippen LogP contribution in [-0.4, -0.2) is 51.4 Å².